The monoisotopic (exact) mass is 219 g/mol. The van der Waals surface area contributed by atoms with Gasteiger partial charge in [-0.2, -0.15) is 5.10 Å². The lowest BCUT2D eigenvalue weighted by molar-refractivity contribution is 0.0690. The first-order valence-electron chi connectivity index (χ1n) is 4.49. The number of ether oxygens (including phenoxy) is 1. The van der Waals surface area contributed by atoms with Crippen molar-refractivity contribution in [1.29, 1.82) is 0 Å². The zero-order chi connectivity index (χ0) is 11.5. The molecule has 2 aromatic heterocycles. The number of H-pyrrole nitrogens is 1. The molecule has 82 valence electrons. The highest BCUT2D eigenvalue weighted by atomic mass is 16.5. The number of nitrogens with zero attached hydrogens (tertiary/aromatic N) is 2. The van der Waals surface area contributed by atoms with Crippen LogP contribution in [-0.4, -0.2) is 33.4 Å². The van der Waals surface area contributed by atoms with Gasteiger partial charge in [0.1, 0.15) is 11.4 Å². The van der Waals surface area contributed by atoms with Gasteiger partial charge in [-0.15, -0.1) is 0 Å². The number of methoxy groups -OCH3 is 1. The van der Waals surface area contributed by atoms with Crippen molar-refractivity contribution in [3.63, 3.8) is 0 Å². The second-order valence-corrected chi connectivity index (χ2v) is 3.09. The molecule has 2 rings (SSSR count). The van der Waals surface area contributed by atoms with Gasteiger partial charge in [0.15, 0.2) is 0 Å². The molecule has 0 amide bonds. The van der Waals surface area contributed by atoms with Crippen molar-refractivity contribution >= 4 is 5.97 Å². The van der Waals surface area contributed by atoms with Crippen LogP contribution in [0, 0.1) is 0 Å². The number of carboxylic acids is 1. The molecule has 2 aromatic rings. The molecule has 2 N–H and O–H groups in total. The molecule has 0 spiro atoms. The van der Waals surface area contributed by atoms with Crippen LogP contribution in [0.4, 0.5) is 0 Å². The minimum absolute atomic E-state index is 0.0396. The van der Waals surface area contributed by atoms with Crippen LogP contribution in [0.25, 0.3) is 11.3 Å². The van der Waals surface area contributed by atoms with E-state index >= 15 is 0 Å². The first-order valence-corrected chi connectivity index (χ1v) is 4.49. The third kappa shape index (κ3) is 1.85. The average molecular weight is 219 g/mol. The van der Waals surface area contributed by atoms with Gasteiger partial charge in [-0.3, -0.25) is 10.1 Å². The number of carbonyl (C=O) groups is 1. The van der Waals surface area contributed by atoms with Crippen molar-refractivity contribution in [2.45, 2.75) is 0 Å². The number of nitrogens with one attached hydrogen (secondary N) is 1. The molecule has 0 radical (unpaired) electrons. The highest BCUT2D eigenvalue weighted by molar-refractivity contribution is 5.86. The molecule has 16 heavy (non-hydrogen) atoms. The number of aromatic carboxylic acids is 1. The quantitative estimate of drug-likeness (QED) is 0.809. The van der Waals surface area contributed by atoms with E-state index in [1.807, 2.05) is 0 Å². The van der Waals surface area contributed by atoms with Crippen LogP contribution in [-0.2, 0) is 0 Å². The number of rotatable bonds is 3. The van der Waals surface area contributed by atoms with Gasteiger partial charge in [-0.05, 0) is 12.1 Å². The number of hydrogen-bond acceptors (Lipinski definition) is 4. The van der Waals surface area contributed by atoms with Crippen LogP contribution in [0.2, 0.25) is 0 Å². The highest BCUT2D eigenvalue weighted by Crippen LogP contribution is 2.20. The van der Waals surface area contributed by atoms with Gasteiger partial charge >= 0.3 is 5.97 Å². The summed E-state index contributed by atoms with van der Waals surface area (Å²) < 4.78 is 5.01. The maximum Gasteiger partial charge on any atom is 0.353 e. The molecular weight excluding hydrogens is 210 g/mol. The molecule has 0 unspecified atom stereocenters. The second-order valence-electron chi connectivity index (χ2n) is 3.09. The SMILES string of the molecule is COc1cncc(-c2cc(C(=O)O)[nH]n2)c1. The van der Waals surface area contributed by atoms with E-state index in [1.54, 1.807) is 18.5 Å². The first kappa shape index (κ1) is 10.2. The summed E-state index contributed by atoms with van der Waals surface area (Å²) in [6, 6.07) is 3.17. The van der Waals surface area contributed by atoms with E-state index in [0.29, 0.717) is 17.0 Å². The summed E-state index contributed by atoms with van der Waals surface area (Å²) in [6.07, 6.45) is 3.15. The Balaban J connectivity index is 2.38. The maximum absolute atomic E-state index is 10.7. The van der Waals surface area contributed by atoms with Gasteiger partial charge in [-0.25, -0.2) is 4.79 Å². The summed E-state index contributed by atoms with van der Waals surface area (Å²) in [6.45, 7) is 0. The molecule has 0 aromatic carbocycles. The van der Waals surface area contributed by atoms with Gasteiger partial charge in [0.05, 0.1) is 19.0 Å². The highest BCUT2D eigenvalue weighted by Gasteiger charge is 2.09. The number of aromatic nitrogens is 3. The Labute approximate surface area is 90.9 Å². The van der Waals surface area contributed by atoms with Crippen molar-refractivity contribution in [2.75, 3.05) is 7.11 Å². The molecule has 2 heterocycles. The third-order valence-corrected chi connectivity index (χ3v) is 2.05. The van der Waals surface area contributed by atoms with Gasteiger partial charge in [0.2, 0.25) is 0 Å². The smallest absolute Gasteiger partial charge is 0.353 e. The molecule has 0 saturated heterocycles. The molecule has 0 fully saturated rings. The largest absolute Gasteiger partial charge is 0.495 e. The predicted molar refractivity (Wildman–Crippen MR) is 55.3 cm³/mol. The Bertz CT molecular complexity index is 522. The zero-order valence-corrected chi connectivity index (χ0v) is 8.47. The van der Waals surface area contributed by atoms with Crippen molar-refractivity contribution < 1.29 is 14.6 Å². The predicted octanol–water partition coefficient (Wildman–Crippen LogP) is 1.18. The lowest BCUT2D eigenvalue weighted by Crippen LogP contribution is -1.95. The van der Waals surface area contributed by atoms with E-state index in [1.165, 1.54) is 13.2 Å². The topological polar surface area (TPSA) is 88.1 Å². The average Bonchev–Trinajstić information content (AvgIpc) is 2.78. The van der Waals surface area contributed by atoms with Crippen molar-refractivity contribution in [1.82, 2.24) is 15.2 Å². The molecule has 0 saturated carbocycles. The normalized spacial score (nSPS) is 10.1. The molecule has 0 bridgehead atoms. The van der Waals surface area contributed by atoms with Crippen LogP contribution < -0.4 is 4.74 Å². The van der Waals surface area contributed by atoms with Gasteiger partial charge in [0.25, 0.3) is 0 Å². The summed E-state index contributed by atoms with van der Waals surface area (Å²) in [5.41, 5.74) is 1.25. The van der Waals surface area contributed by atoms with Crippen molar-refractivity contribution in [3.05, 3.63) is 30.2 Å². The van der Waals surface area contributed by atoms with E-state index in [-0.39, 0.29) is 5.69 Å². The number of aromatic amines is 1. The fraction of sp³-hybridized carbons (Fsp3) is 0.100. The van der Waals surface area contributed by atoms with Crippen LogP contribution in [0.1, 0.15) is 10.5 Å². The van der Waals surface area contributed by atoms with Gasteiger partial charge in [-0.1, -0.05) is 0 Å². The van der Waals surface area contributed by atoms with E-state index in [0.717, 1.165) is 0 Å². The standard InChI is InChI=1S/C10H9N3O3/c1-16-7-2-6(4-11-5-7)8-3-9(10(14)15)13-12-8/h2-5H,1H3,(H,12,13)(H,14,15). The Morgan fingerprint density at radius 1 is 1.44 bits per heavy atom. The first-order chi connectivity index (χ1) is 7.70. The number of pyridine rings is 1. The number of hydrogen-bond donors (Lipinski definition) is 2. The minimum atomic E-state index is -1.05. The fourth-order valence-corrected chi connectivity index (χ4v) is 1.25. The Morgan fingerprint density at radius 3 is 2.88 bits per heavy atom. The summed E-state index contributed by atoms with van der Waals surface area (Å²) >= 11 is 0. The van der Waals surface area contributed by atoms with Crippen LogP contribution in [0.3, 0.4) is 0 Å². The third-order valence-electron chi connectivity index (χ3n) is 2.05. The summed E-state index contributed by atoms with van der Waals surface area (Å²) in [4.78, 5) is 14.6. The Kier molecular flexibility index (Phi) is 2.55. The summed E-state index contributed by atoms with van der Waals surface area (Å²) in [5.74, 6) is -0.452. The van der Waals surface area contributed by atoms with E-state index in [2.05, 4.69) is 15.2 Å². The van der Waals surface area contributed by atoms with Gasteiger partial charge < -0.3 is 9.84 Å². The number of carboxylic acid groups (broad SMARTS) is 1. The Hall–Kier alpha value is -2.37. The molecule has 6 nitrogen and oxygen atoms in total. The van der Waals surface area contributed by atoms with Crippen LogP contribution >= 0.6 is 0 Å². The van der Waals surface area contributed by atoms with Crippen LogP contribution in [0.5, 0.6) is 5.75 Å². The zero-order valence-electron chi connectivity index (χ0n) is 8.47. The molecule has 0 aliphatic rings. The van der Waals surface area contributed by atoms with E-state index in [4.69, 9.17) is 9.84 Å². The second kappa shape index (κ2) is 4.01. The summed E-state index contributed by atoms with van der Waals surface area (Å²) in [7, 11) is 1.54. The molecule has 0 aliphatic carbocycles. The molecule has 6 heteroatoms. The fourth-order valence-electron chi connectivity index (χ4n) is 1.25. The maximum atomic E-state index is 10.7. The van der Waals surface area contributed by atoms with Crippen molar-refractivity contribution in [2.24, 2.45) is 0 Å². The van der Waals surface area contributed by atoms with Gasteiger partial charge in [0, 0.05) is 11.8 Å². The van der Waals surface area contributed by atoms with Crippen LogP contribution in [0.15, 0.2) is 24.5 Å². The van der Waals surface area contributed by atoms with E-state index in [9.17, 15) is 4.79 Å². The molecular formula is C10H9N3O3. The molecule has 0 aliphatic heterocycles. The van der Waals surface area contributed by atoms with E-state index < -0.39 is 5.97 Å². The van der Waals surface area contributed by atoms with Crippen molar-refractivity contribution in [3.8, 4) is 17.0 Å². The Morgan fingerprint density at radius 2 is 2.25 bits per heavy atom. The lowest BCUT2D eigenvalue weighted by atomic mass is 10.2. The molecule has 0 atom stereocenters. The minimum Gasteiger partial charge on any atom is -0.495 e. The summed E-state index contributed by atoms with van der Waals surface area (Å²) in [5, 5.41) is 15.0. The lowest BCUT2D eigenvalue weighted by Gasteiger charge is -1.99.